The van der Waals surface area contributed by atoms with Crippen molar-refractivity contribution in [2.75, 3.05) is 18.4 Å². The zero-order chi connectivity index (χ0) is 23.4. The van der Waals surface area contributed by atoms with Gasteiger partial charge in [-0.25, -0.2) is 4.39 Å². The number of rotatable bonds is 6. The largest absolute Gasteiger partial charge is 0.352 e. The summed E-state index contributed by atoms with van der Waals surface area (Å²) in [5.41, 5.74) is 2.33. The van der Waals surface area contributed by atoms with Crippen LogP contribution < -0.4 is 10.6 Å². The summed E-state index contributed by atoms with van der Waals surface area (Å²) in [5.74, 6) is -0.761. The molecule has 172 valence electrons. The molecular formula is C27H30FN3O2. The van der Waals surface area contributed by atoms with Crippen molar-refractivity contribution < 1.29 is 14.0 Å². The third-order valence-electron chi connectivity index (χ3n) is 6.47. The van der Waals surface area contributed by atoms with Crippen LogP contribution >= 0.6 is 0 Å². The molecule has 33 heavy (non-hydrogen) atoms. The lowest BCUT2D eigenvalue weighted by Gasteiger charge is -2.36. The molecule has 0 spiro atoms. The lowest BCUT2D eigenvalue weighted by Crippen LogP contribution is -2.41. The number of anilines is 1. The van der Waals surface area contributed by atoms with Gasteiger partial charge in [0, 0.05) is 31.1 Å². The first-order valence-electron chi connectivity index (χ1n) is 11.5. The van der Waals surface area contributed by atoms with E-state index >= 15 is 0 Å². The predicted octanol–water partition coefficient (Wildman–Crippen LogP) is 5.03. The number of carbonyl (C=O) groups is 2. The monoisotopic (exact) mass is 447 g/mol. The number of hydrogen-bond acceptors (Lipinski definition) is 3. The Hall–Kier alpha value is -3.25. The van der Waals surface area contributed by atoms with Crippen LogP contribution in [0.2, 0.25) is 0 Å². The Labute approximate surface area is 194 Å². The molecule has 2 N–H and O–H groups in total. The van der Waals surface area contributed by atoms with Crippen molar-refractivity contribution in [2.45, 2.75) is 39.3 Å². The van der Waals surface area contributed by atoms with E-state index in [4.69, 9.17) is 0 Å². The van der Waals surface area contributed by atoms with Gasteiger partial charge in [0.1, 0.15) is 5.82 Å². The number of hydrogen-bond donors (Lipinski definition) is 2. The molecule has 0 saturated carbocycles. The van der Waals surface area contributed by atoms with E-state index in [0.29, 0.717) is 11.3 Å². The average Bonchev–Trinajstić information content (AvgIpc) is 2.81. The molecule has 5 nitrogen and oxygen atoms in total. The summed E-state index contributed by atoms with van der Waals surface area (Å²) in [6.45, 7) is 5.55. The van der Waals surface area contributed by atoms with E-state index < -0.39 is 5.82 Å². The van der Waals surface area contributed by atoms with Gasteiger partial charge < -0.3 is 10.6 Å². The van der Waals surface area contributed by atoms with Crippen LogP contribution in [0.3, 0.4) is 0 Å². The minimum Gasteiger partial charge on any atom is -0.352 e. The van der Waals surface area contributed by atoms with Crippen LogP contribution in [0, 0.1) is 11.7 Å². The molecule has 1 saturated heterocycles. The Morgan fingerprint density at radius 1 is 1.06 bits per heavy atom. The zero-order valence-electron chi connectivity index (χ0n) is 19.1. The number of piperidine rings is 1. The van der Waals surface area contributed by atoms with E-state index in [1.807, 2.05) is 0 Å². The average molecular weight is 448 g/mol. The molecule has 3 aromatic rings. The Kier molecular flexibility index (Phi) is 7.04. The topological polar surface area (TPSA) is 61.4 Å². The minimum absolute atomic E-state index is 0.00203. The highest BCUT2D eigenvalue weighted by Gasteiger charge is 2.28. The first-order chi connectivity index (χ1) is 15.9. The van der Waals surface area contributed by atoms with Crippen molar-refractivity contribution in [1.82, 2.24) is 10.2 Å². The van der Waals surface area contributed by atoms with Gasteiger partial charge in [0.25, 0.3) is 0 Å². The summed E-state index contributed by atoms with van der Waals surface area (Å²) >= 11 is 0. The van der Waals surface area contributed by atoms with E-state index in [0.717, 1.165) is 25.9 Å². The molecular weight excluding hydrogens is 417 g/mol. The number of nitrogens with one attached hydrogen (secondary N) is 2. The molecule has 0 unspecified atom stereocenters. The summed E-state index contributed by atoms with van der Waals surface area (Å²) in [4.78, 5) is 26.4. The smallest absolute Gasteiger partial charge is 0.223 e. The van der Waals surface area contributed by atoms with Gasteiger partial charge in [-0.3, -0.25) is 14.5 Å². The van der Waals surface area contributed by atoms with Crippen molar-refractivity contribution in [3.05, 3.63) is 77.6 Å². The molecule has 0 aliphatic carbocycles. The van der Waals surface area contributed by atoms with Gasteiger partial charge in [0.2, 0.25) is 11.8 Å². The molecule has 1 fully saturated rings. The van der Waals surface area contributed by atoms with E-state index in [2.05, 4.69) is 64.9 Å². The van der Waals surface area contributed by atoms with Gasteiger partial charge in [0.05, 0.1) is 0 Å². The maximum Gasteiger partial charge on any atom is 0.223 e. The number of nitrogens with zero attached hydrogens (tertiary/aromatic N) is 1. The van der Waals surface area contributed by atoms with Gasteiger partial charge in [-0.15, -0.1) is 0 Å². The fourth-order valence-electron chi connectivity index (χ4n) is 4.72. The van der Waals surface area contributed by atoms with E-state index in [1.165, 1.54) is 35.4 Å². The first-order valence-corrected chi connectivity index (χ1v) is 11.5. The number of halogens is 1. The highest BCUT2D eigenvalue weighted by Crippen LogP contribution is 2.31. The number of likely N-dealkylation sites (tertiary alicyclic amines) is 1. The third kappa shape index (κ3) is 5.57. The molecule has 4 rings (SSSR count). The van der Waals surface area contributed by atoms with Gasteiger partial charge in [-0.1, -0.05) is 42.5 Å². The van der Waals surface area contributed by atoms with Crippen LogP contribution in [-0.2, 0) is 16.1 Å². The standard InChI is InChI=1S/C27H30FN3O2/c1-18(25-9-5-7-21-6-3-4-8-26(21)25)31-12-10-22(11-13-31)27(33)29-17-20-14-23(28)16-24(15-20)30-19(2)32/h3-9,14-16,18,22H,10-13,17H2,1-2H3,(H,29,33)(H,30,32)/t18-/m1/s1. The van der Waals surface area contributed by atoms with Gasteiger partial charge in [0.15, 0.2) is 0 Å². The van der Waals surface area contributed by atoms with Crippen LogP contribution in [0.4, 0.5) is 10.1 Å². The highest BCUT2D eigenvalue weighted by molar-refractivity contribution is 5.88. The summed E-state index contributed by atoms with van der Waals surface area (Å²) in [6.07, 6.45) is 1.59. The normalized spacial score (nSPS) is 15.8. The van der Waals surface area contributed by atoms with Crippen LogP contribution in [0.5, 0.6) is 0 Å². The minimum atomic E-state index is -0.443. The molecule has 1 aliphatic heterocycles. The molecule has 1 heterocycles. The second kappa shape index (κ2) is 10.1. The first kappa shape index (κ1) is 22.9. The third-order valence-corrected chi connectivity index (χ3v) is 6.47. The second-order valence-corrected chi connectivity index (χ2v) is 8.80. The maximum absolute atomic E-state index is 13.8. The van der Waals surface area contributed by atoms with Gasteiger partial charge in [-0.05, 0) is 73.0 Å². The van der Waals surface area contributed by atoms with Crippen LogP contribution in [-0.4, -0.2) is 29.8 Å². The van der Waals surface area contributed by atoms with Crippen molar-refractivity contribution in [1.29, 1.82) is 0 Å². The van der Waals surface area contributed by atoms with Gasteiger partial charge >= 0.3 is 0 Å². The lowest BCUT2D eigenvalue weighted by molar-refractivity contribution is -0.126. The fraction of sp³-hybridized carbons (Fsp3) is 0.333. The van der Waals surface area contributed by atoms with Crippen LogP contribution in [0.1, 0.15) is 43.9 Å². The van der Waals surface area contributed by atoms with Gasteiger partial charge in [-0.2, -0.15) is 0 Å². The Bertz CT molecular complexity index is 1150. The molecule has 3 aromatic carbocycles. The Balaban J connectivity index is 1.33. The van der Waals surface area contributed by atoms with Crippen molar-refractivity contribution in [2.24, 2.45) is 5.92 Å². The molecule has 0 radical (unpaired) electrons. The number of fused-ring (bicyclic) bond motifs is 1. The molecule has 6 heteroatoms. The molecule has 1 aliphatic rings. The van der Waals surface area contributed by atoms with Crippen molar-refractivity contribution in [3.8, 4) is 0 Å². The van der Waals surface area contributed by atoms with Crippen LogP contribution in [0.25, 0.3) is 10.8 Å². The highest BCUT2D eigenvalue weighted by atomic mass is 19.1. The van der Waals surface area contributed by atoms with E-state index in [-0.39, 0.29) is 30.3 Å². The Morgan fingerprint density at radius 3 is 2.55 bits per heavy atom. The number of amides is 2. The summed E-state index contributed by atoms with van der Waals surface area (Å²) in [6, 6.07) is 19.5. The summed E-state index contributed by atoms with van der Waals surface area (Å²) in [5, 5.41) is 8.04. The fourth-order valence-corrected chi connectivity index (χ4v) is 4.72. The van der Waals surface area contributed by atoms with E-state index in [9.17, 15) is 14.0 Å². The second-order valence-electron chi connectivity index (χ2n) is 8.80. The SMILES string of the molecule is CC(=O)Nc1cc(F)cc(CNC(=O)C2CCN([C@H](C)c3cccc4ccccc34)CC2)c1. The molecule has 0 bridgehead atoms. The van der Waals surface area contributed by atoms with E-state index in [1.54, 1.807) is 6.07 Å². The lowest BCUT2D eigenvalue weighted by atomic mass is 9.92. The zero-order valence-corrected chi connectivity index (χ0v) is 19.1. The quantitative estimate of drug-likeness (QED) is 0.557. The maximum atomic E-state index is 13.8. The Morgan fingerprint density at radius 2 is 1.79 bits per heavy atom. The summed E-state index contributed by atoms with van der Waals surface area (Å²) < 4.78 is 13.8. The van der Waals surface area contributed by atoms with Crippen molar-refractivity contribution in [3.63, 3.8) is 0 Å². The van der Waals surface area contributed by atoms with Crippen molar-refractivity contribution >= 4 is 28.3 Å². The van der Waals surface area contributed by atoms with Crippen LogP contribution in [0.15, 0.2) is 60.7 Å². The molecule has 2 amide bonds. The summed E-state index contributed by atoms with van der Waals surface area (Å²) in [7, 11) is 0. The molecule has 1 atom stereocenters. The molecule has 0 aromatic heterocycles. The number of benzene rings is 3. The predicted molar refractivity (Wildman–Crippen MR) is 129 cm³/mol. The number of carbonyl (C=O) groups excluding carboxylic acids is 2.